The number of hydrogen-bond donors (Lipinski definition) is 2. The molecule has 1 atom stereocenters. The van der Waals surface area contributed by atoms with Crippen LogP contribution in [0.1, 0.15) is 54.1 Å². The zero-order chi connectivity index (χ0) is 20.4. The van der Waals surface area contributed by atoms with E-state index < -0.39 is 0 Å². The molecule has 0 bridgehead atoms. The minimum Gasteiger partial charge on any atom is -0.487 e. The van der Waals surface area contributed by atoms with Crippen LogP contribution in [0, 0.1) is 5.82 Å². The molecule has 1 heterocycles. The molecule has 0 saturated heterocycles. The van der Waals surface area contributed by atoms with E-state index in [4.69, 9.17) is 4.74 Å². The van der Waals surface area contributed by atoms with Crippen LogP contribution in [-0.4, -0.2) is 17.4 Å². The molecule has 1 spiro atoms. The smallest absolute Gasteiger partial charge is 0.251 e. The van der Waals surface area contributed by atoms with E-state index in [1.165, 1.54) is 18.2 Å². The van der Waals surface area contributed by atoms with Crippen molar-refractivity contribution in [3.05, 3.63) is 72.1 Å². The Morgan fingerprint density at radius 1 is 1.17 bits per heavy atom. The number of carbonyl (C=O) groups is 2. The summed E-state index contributed by atoms with van der Waals surface area (Å²) < 4.78 is 20.1. The van der Waals surface area contributed by atoms with Crippen molar-refractivity contribution in [2.75, 3.05) is 5.32 Å². The Labute approximate surface area is 169 Å². The average molecular weight is 394 g/mol. The van der Waals surface area contributed by atoms with E-state index in [1.807, 2.05) is 0 Å². The molecule has 0 unspecified atom stereocenters. The topological polar surface area (TPSA) is 67.4 Å². The van der Waals surface area contributed by atoms with Gasteiger partial charge in [0.1, 0.15) is 17.2 Å². The number of rotatable bonds is 4. The van der Waals surface area contributed by atoms with Crippen molar-refractivity contribution in [3.8, 4) is 5.75 Å². The maximum Gasteiger partial charge on any atom is 0.251 e. The largest absolute Gasteiger partial charge is 0.487 e. The summed E-state index contributed by atoms with van der Waals surface area (Å²) in [6, 6.07) is 10.8. The van der Waals surface area contributed by atoms with Gasteiger partial charge in [0.25, 0.3) is 5.91 Å². The first-order valence-corrected chi connectivity index (χ1v) is 9.81. The number of benzene rings is 2. The van der Waals surface area contributed by atoms with E-state index in [-0.39, 0.29) is 29.3 Å². The monoisotopic (exact) mass is 394 g/mol. The summed E-state index contributed by atoms with van der Waals surface area (Å²) in [4.78, 5) is 24.5. The Hall–Kier alpha value is -3.15. The minimum absolute atomic E-state index is 0.282. The molecule has 0 radical (unpaired) electrons. The van der Waals surface area contributed by atoms with Crippen LogP contribution >= 0.6 is 0 Å². The van der Waals surface area contributed by atoms with Gasteiger partial charge in [-0.2, -0.15) is 0 Å². The third-order valence-electron chi connectivity index (χ3n) is 5.65. The lowest BCUT2D eigenvalue weighted by Crippen LogP contribution is -2.43. The maximum absolute atomic E-state index is 13.9. The number of halogens is 1. The molecule has 4 rings (SSSR count). The van der Waals surface area contributed by atoms with Crippen LogP contribution in [0.3, 0.4) is 0 Å². The van der Waals surface area contributed by atoms with Crippen LogP contribution in [0.25, 0.3) is 0 Å². The summed E-state index contributed by atoms with van der Waals surface area (Å²) in [5, 5.41) is 5.69. The number of nitrogens with one attached hydrogen (secondary N) is 2. The fourth-order valence-electron chi connectivity index (χ4n) is 4.27. The first-order valence-electron chi connectivity index (χ1n) is 9.81. The van der Waals surface area contributed by atoms with E-state index in [2.05, 4.69) is 17.2 Å². The fourth-order valence-corrected chi connectivity index (χ4v) is 4.27. The van der Waals surface area contributed by atoms with E-state index in [0.29, 0.717) is 29.0 Å². The lowest BCUT2D eigenvalue weighted by molar-refractivity contribution is -0.111. The van der Waals surface area contributed by atoms with Crippen LogP contribution in [-0.2, 0) is 4.79 Å². The highest BCUT2D eigenvalue weighted by Crippen LogP contribution is 2.47. The van der Waals surface area contributed by atoms with Crippen molar-refractivity contribution >= 4 is 17.5 Å². The number of anilines is 1. The summed E-state index contributed by atoms with van der Waals surface area (Å²) in [5.74, 6) is -0.352. The molecular weight excluding hydrogens is 371 g/mol. The minimum atomic E-state index is -0.358. The van der Waals surface area contributed by atoms with Gasteiger partial charge in [-0.25, -0.2) is 4.39 Å². The van der Waals surface area contributed by atoms with E-state index in [1.54, 1.807) is 30.3 Å². The highest BCUT2D eigenvalue weighted by Gasteiger charge is 2.43. The van der Waals surface area contributed by atoms with Crippen molar-refractivity contribution in [3.63, 3.8) is 0 Å². The average Bonchev–Trinajstić information content (AvgIpc) is 3.16. The van der Waals surface area contributed by atoms with Gasteiger partial charge in [0.15, 0.2) is 0 Å². The molecule has 1 aliphatic heterocycles. The Morgan fingerprint density at radius 2 is 1.97 bits per heavy atom. The molecule has 150 valence electrons. The third-order valence-corrected chi connectivity index (χ3v) is 5.65. The Bertz CT molecular complexity index is 966. The van der Waals surface area contributed by atoms with Crippen molar-refractivity contribution in [2.45, 2.75) is 43.7 Å². The van der Waals surface area contributed by atoms with Gasteiger partial charge in [-0.1, -0.05) is 12.6 Å². The van der Waals surface area contributed by atoms with Crippen molar-refractivity contribution in [2.24, 2.45) is 0 Å². The van der Waals surface area contributed by atoms with Gasteiger partial charge in [0.2, 0.25) is 5.91 Å². The van der Waals surface area contributed by atoms with Crippen molar-refractivity contribution in [1.29, 1.82) is 0 Å². The molecule has 2 N–H and O–H groups in total. The molecule has 1 fully saturated rings. The number of carbonyl (C=O) groups excluding carboxylic acids is 2. The zero-order valence-corrected chi connectivity index (χ0v) is 16.0. The number of hydrogen-bond acceptors (Lipinski definition) is 3. The lowest BCUT2D eigenvalue weighted by Gasteiger charge is -2.40. The third kappa shape index (κ3) is 4.01. The molecular formula is C23H23FN2O3. The quantitative estimate of drug-likeness (QED) is 0.750. The number of fused-ring (bicyclic) bond motifs is 1. The molecule has 1 saturated carbocycles. The van der Waals surface area contributed by atoms with Gasteiger partial charge < -0.3 is 15.4 Å². The summed E-state index contributed by atoms with van der Waals surface area (Å²) >= 11 is 0. The van der Waals surface area contributed by atoms with E-state index in [0.717, 1.165) is 25.7 Å². The van der Waals surface area contributed by atoms with Gasteiger partial charge in [-0.15, -0.1) is 0 Å². The molecule has 1 aliphatic carbocycles. The fraction of sp³-hybridized carbons (Fsp3) is 0.304. The van der Waals surface area contributed by atoms with Crippen LogP contribution in [0.4, 0.5) is 10.1 Å². The summed E-state index contributed by atoms with van der Waals surface area (Å²) in [5.41, 5.74) is 1.28. The first kappa shape index (κ1) is 19.2. The molecule has 2 aromatic carbocycles. The molecule has 6 heteroatoms. The summed E-state index contributed by atoms with van der Waals surface area (Å²) in [6.45, 7) is 3.42. The van der Waals surface area contributed by atoms with E-state index in [9.17, 15) is 14.0 Å². The lowest BCUT2D eigenvalue weighted by atomic mass is 9.85. The van der Waals surface area contributed by atoms with Crippen LogP contribution in [0.15, 0.2) is 55.1 Å². The standard InChI is InChI=1S/C23H23FN2O3/c1-2-21(27)25-17-7-5-6-15(12-17)22(28)26-19-14-23(10-3-4-11-23)29-20-9-8-16(24)13-18(19)20/h2,5-9,12-13,19H,1,3-4,10-11,14H2,(H,25,27)(H,26,28)/t19-/m1/s1. The Morgan fingerprint density at radius 3 is 2.72 bits per heavy atom. The Kier molecular flexibility index (Phi) is 5.09. The van der Waals surface area contributed by atoms with Crippen molar-refractivity contribution < 1.29 is 18.7 Å². The molecule has 2 aliphatic rings. The predicted octanol–water partition coefficient (Wildman–Crippen LogP) is 4.52. The number of amides is 2. The number of ether oxygens (including phenoxy) is 1. The van der Waals surface area contributed by atoms with Gasteiger partial charge in [-0.05, 0) is 68.2 Å². The second kappa shape index (κ2) is 7.70. The molecule has 2 aromatic rings. The SMILES string of the molecule is C=CC(=O)Nc1cccc(C(=O)N[C@@H]2CC3(CCCC3)Oc3ccc(F)cc32)c1. The molecule has 5 nitrogen and oxygen atoms in total. The van der Waals surface area contributed by atoms with Crippen LogP contribution in [0.2, 0.25) is 0 Å². The molecule has 2 amide bonds. The first-order chi connectivity index (χ1) is 14.0. The molecule has 0 aromatic heterocycles. The second-order valence-corrected chi connectivity index (χ2v) is 7.68. The highest BCUT2D eigenvalue weighted by atomic mass is 19.1. The Balaban J connectivity index is 1.59. The highest BCUT2D eigenvalue weighted by molar-refractivity contribution is 6.00. The van der Waals surface area contributed by atoms with Gasteiger partial charge in [-0.3, -0.25) is 9.59 Å². The second-order valence-electron chi connectivity index (χ2n) is 7.68. The normalized spacial score (nSPS) is 19.1. The predicted molar refractivity (Wildman–Crippen MR) is 108 cm³/mol. The summed E-state index contributed by atoms with van der Waals surface area (Å²) in [7, 11) is 0. The summed E-state index contributed by atoms with van der Waals surface area (Å²) in [6.07, 6.45) is 5.81. The van der Waals surface area contributed by atoms with E-state index >= 15 is 0 Å². The maximum atomic E-state index is 13.9. The van der Waals surface area contributed by atoms with Gasteiger partial charge in [0, 0.05) is 23.2 Å². The van der Waals surface area contributed by atoms with Gasteiger partial charge >= 0.3 is 0 Å². The molecule has 29 heavy (non-hydrogen) atoms. The van der Waals surface area contributed by atoms with Gasteiger partial charge in [0.05, 0.1) is 6.04 Å². The van der Waals surface area contributed by atoms with Crippen LogP contribution in [0.5, 0.6) is 5.75 Å². The van der Waals surface area contributed by atoms with Crippen LogP contribution < -0.4 is 15.4 Å². The van der Waals surface area contributed by atoms with Crippen molar-refractivity contribution in [1.82, 2.24) is 5.32 Å². The zero-order valence-electron chi connectivity index (χ0n) is 16.0.